The predicted molar refractivity (Wildman–Crippen MR) is 99.8 cm³/mol. The molecule has 2 amide bonds. The highest BCUT2D eigenvalue weighted by Crippen LogP contribution is 2.20. The van der Waals surface area contributed by atoms with Crippen molar-refractivity contribution in [3.8, 4) is 0 Å². The van der Waals surface area contributed by atoms with Gasteiger partial charge in [-0.3, -0.25) is 14.3 Å². The Morgan fingerprint density at radius 2 is 2.19 bits per heavy atom. The van der Waals surface area contributed by atoms with E-state index < -0.39 is 0 Å². The van der Waals surface area contributed by atoms with Gasteiger partial charge in [0.15, 0.2) is 0 Å². The van der Waals surface area contributed by atoms with Crippen molar-refractivity contribution in [2.75, 3.05) is 6.54 Å². The summed E-state index contributed by atoms with van der Waals surface area (Å²) in [4.78, 5) is 27.5. The number of nitrogens with zero attached hydrogens (tertiary/aromatic N) is 3. The van der Waals surface area contributed by atoms with Crippen LogP contribution >= 0.6 is 11.3 Å². The highest BCUT2D eigenvalue weighted by atomic mass is 32.1. The fourth-order valence-electron chi connectivity index (χ4n) is 3.30. The van der Waals surface area contributed by atoms with E-state index in [-0.39, 0.29) is 11.8 Å². The molecule has 6 nitrogen and oxygen atoms in total. The summed E-state index contributed by atoms with van der Waals surface area (Å²) in [5, 5.41) is 9.67. The molecule has 1 N–H and O–H groups in total. The molecule has 3 heterocycles. The molecule has 138 valence electrons. The monoisotopic (exact) mass is 372 g/mol. The van der Waals surface area contributed by atoms with Gasteiger partial charge in [0.1, 0.15) is 0 Å². The maximum Gasteiger partial charge on any atom is 0.228 e. The van der Waals surface area contributed by atoms with Crippen molar-refractivity contribution in [3.05, 3.63) is 39.8 Å². The molecule has 0 saturated heterocycles. The number of carbonyl (C=O) groups is 2. The van der Waals surface area contributed by atoms with Crippen molar-refractivity contribution in [2.45, 2.75) is 57.7 Å². The molecule has 0 spiro atoms. The summed E-state index contributed by atoms with van der Waals surface area (Å²) in [6.07, 6.45) is 4.74. The Labute approximate surface area is 157 Å². The molecule has 0 aromatic carbocycles. The van der Waals surface area contributed by atoms with Crippen LogP contribution < -0.4 is 5.32 Å². The fourth-order valence-corrected chi connectivity index (χ4v) is 4.00. The lowest BCUT2D eigenvalue weighted by molar-refractivity contribution is -0.131. The van der Waals surface area contributed by atoms with E-state index in [0.29, 0.717) is 31.8 Å². The van der Waals surface area contributed by atoms with E-state index >= 15 is 0 Å². The van der Waals surface area contributed by atoms with E-state index in [2.05, 4.69) is 16.5 Å². The standard InChI is InChI=1S/C19H24N4O2S/c24-18(20-14-4-5-14)7-6-15-11-16-13-22(8-2-9-23(16)21-15)19(25)12-17-3-1-10-26-17/h1,3,10-11,14H,2,4-9,12-13H2,(H,20,24). The lowest BCUT2D eigenvalue weighted by Crippen LogP contribution is -2.31. The van der Waals surface area contributed by atoms with Crippen LogP contribution in [0.4, 0.5) is 0 Å². The zero-order valence-corrected chi connectivity index (χ0v) is 15.6. The molecule has 2 aliphatic rings. The highest BCUT2D eigenvalue weighted by molar-refractivity contribution is 7.10. The molecule has 1 aliphatic heterocycles. The first kappa shape index (κ1) is 17.3. The van der Waals surface area contributed by atoms with E-state index in [4.69, 9.17) is 0 Å². The Kier molecular flexibility index (Phi) is 5.06. The number of thiophene rings is 1. The largest absolute Gasteiger partial charge is 0.353 e. The molecule has 2 aromatic rings. The maximum absolute atomic E-state index is 12.6. The summed E-state index contributed by atoms with van der Waals surface area (Å²) < 4.78 is 2.01. The molecule has 1 fully saturated rings. The molecule has 1 aliphatic carbocycles. The van der Waals surface area contributed by atoms with Gasteiger partial charge in [0.05, 0.1) is 24.4 Å². The molecule has 0 bridgehead atoms. The zero-order chi connectivity index (χ0) is 17.9. The summed E-state index contributed by atoms with van der Waals surface area (Å²) in [6.45, 7) is 2.20. The summed E-state index contributed by atoms with van der Waals surface area (Å²) in [5.74, 6) is 0.288. The molecular weight excluding hydrogens is 348 g/mol. The van der Waals surface area contributed by atoms with Gasteiger partial charge < -0.3 is 10.2 Å². The maximum atomic E-state index is 12.6. The first-order valence-electron chi connectivity index (χ1n) is 9.32. The smallest absolute Gasteiger partial charge is 0.228 e. The first-order chi connectivity index (χ1) is 12.7. The number of aromatic nitrogens is 2. The van der Waals surface area contributed by atoms with E-state index in [1.165, 1.54) is 0 Å². The van der Waals surface area contributed by atoms with Gasteiger partial charge in [-0.2, -0.15) is 5.10 Å². The van der Waals surface area contributed by atoms with Gasteiger partial charge in [-0.15, -0.1) is 11.3 Å². The van der Waals surface area contributed by atoms with Crippen LogP contribution in [0.5, 0.6) is 0 Å². The van der Waals surface area contributed by atoms with Gasteiger partial charge in [-0.25, -0.2) is 0 Å². The van der Waals surface area contributed by atoms with Crippen LogP contribution in [0.1, 0.15) is 41.9 Å². The number of aryl methyl sites for hydroxylation is 2. The number of carbonyl (C=O) groups excluding carboxylic acids is 2. The Morgan fingerprint density at radius 3 is 2.96 bits per heavy atom. The number of fused-ring (bicyclic) bond motifs is 1. The Hall–Kier alpha value is -2.15. The van der Waals surface area contributed by atoms with E-state index in [0.717, 1.165) is 48.6 Å². The van der Waals surface area contributed by atoms with Gasteiger partial charge in [0.25, 0.3) is 0 Å². The minimum Gasteiger partial charge on any atom is -0.353 e. The minimum atomic E-state index is 0.114. The van der Waals surface area contributed by atoms with Gasteiger partial charge in [-0.05, 0) is 36.8 Å². The number of rotatable bonds is 6. The Morgan fingerprint density at radius 1 is 1.31 bits per heavy atom. The Balaban J connectivity index is 1.35. The van der Waals surface area contributed by atoms with Crippen LogP contribution in [-0.2, 0) is 35.5 Å². The van der Waals surface area contributed by atoms with Crippen LogP contribution in [0.15, 0.2) is 23.6 Å². The van der Waals surface area contributed by atoms with Gasteiger partial charge >= 0.3 is 0 Å². The van der Waals surface area contributed by atoms with Crippen LogP contribution in [0, 0.1) is 0 Å². The lowest BCUT2D eigenvalue weighted by atomic mass is 10.2. The normalized spacial score (nSPS) is 16.8. The van der Waals surface area contributed by atoms with E-state index in [1.807, 2.05) is 27.1 Å². The second-order valence-electron chi connectivity index (χ2n) is 7.12. The third kappa shape index (κ3) is 4.33. The van der Waals surface area contributed by atoms with Gasteiger partial charge in [0, 0.05) is 36.9 Å². The molecule has 0 unspecified atom stereocenters. The van der Waals surface area contributed by atoms with Gasteiger partial charge in [0.2, 0.25) is 11.8 Å². The van der Waals surface area contributed by atoms with E-state index in [9.17, 15) is 9.59 Å². The summed E-state index contributed by atoms with van der Waals surface area (Å²) >= 11 is 1.63. The molecule has 0 radical (unpaired) electrons. The van der Waals surface area contributed by atoms with Crippen molar-refractivity contribution < 1.29 is 9.59 Å². The Bertz CT molecular complexity index is 780. The number of amides is 2. The second-order valence-corrected chi connectivity index (χ2v) is 8.15. The summed E-state index contributed by atoms with van der Waals surface area (Å²) in [6, 6.07) is 6.46. The summed E-state index contributed by atoms with van der Waals surface area (Å²) in [5.41, 5.74) is 2.01. The zero-order valence-electron chi connectivity index (χ0n) is 14.8. The van der Waals surface area contributed by atoms with Crippen LogP contribution in [-0.4, -0.2) is 39.1 Å². The molecule has 0 atom stereocenters. The first-order valence-corrected chi connectivity index (χ1v) is 10.2. The van der Waals surface area contributed by atoms with Crippen molar-refractivity contribution in [1.29, 1.82) is 0 Å². The SMILES string of the molecule is O=C(CCc1cc2n(n1)CCCN(C(=O)Cc1cccs1)C2)NC1CC1. The van der Waals surface area contributed by atoms with Crippen molar-refractivity contribution in [2.24, 2.45) is 0 Å². The molecule has 2 aromatic heterocycles. The van der Waals surface area contributed by atoms with Crippen molar-refractivity contribution in [1.82, 2.24) is 20.0 Å². The van der Waals surface area contributed by atoms with Crippen LogP contribution in [0.2, 0.25) is 0 Å². The quantitative estimate of drug-likeness (QED) is 0.845. The highest BCUT2D eigenvalue weighted by Gasteiger charge is 2.24. The van der Waals surface area contributed by atoms with Crippen molar-refractivity contribution in [3.63, 3.8) is 0 Å². The molecule has 7 heteroatoms. The number of hydrogen-bond donors (Lipinski definition) is 1. The van der Waals surface area contributed by atoms with E-state index in [1.54, 1.807) is 11.3 Å². The molecule has 4 rings (SSSR count). The average Bonchev–Trinajstić information content (AvgIpc) is 3.19. The molecule has 1 saturated carbocycles. The summed E-state index contributed by atoms with van der Waals surface area (Å²) in [7, 11) is 0. The third-order valence-electron chi connectivity index (χ3n) is 4.87. The molecular formula is C19H24N4O2S. The van der Waals surface area contributed by atoms with Crippen LogP contribution in [0.25, 0.3) is 0 Å². The fraction of sp³-hybridized carbons (Fsp3) is 0.526. The topological polar surface area (TPSA) is 67.2 Å². The van der Waals surface area contributed by atoms with Crippen molar-refractivity contribution >= 4 is 23.2 Å². The lowest BCUT2D eigenvalue weighted by Gasteiger charge is -2.19. The predicted octanol–water partition coefficient (Wildman–Crippen LogP) is 2.13. The minimum absolute atomic E-state index is 0.114. The number of nitrogens with one attached hydrogen (secondary N) is 1. The average molecular weight is 372 g/mol. The third-order valence-corrected chi connectivity index (χ3v) is 5.75. The molecule has 26 heavy (non-hydrogen) atoms. The second kappa shape index (κ2) is 7.61. The van der Waals surface area contributed by atoms with Gasteiger partial charge in [-0.1, -0.05) is 6.07 Å². The van der Waals surface area contributed by atoms with Crippen LogP contribution in [0.3, 0.4) is 0 Å². The number of hydrogen-bond acceptors (Lipinski definition) is 4.